The molecule has 1 aliphatic rings. The van der Waals surface area contributed by atoms with Crippen LogP contribution in [-0.2, 0) is 4.79 Å². The van der Waals surface area contributed by atoms with Crippen molar-refractivity contribution in [1.29, 1.82) is 0 Å². The predicted octanol–water partition coefficient (Wildman–Crippen LogP) is 5.53. The Morgan fingerprint density at radius 3 is 2.29 bits per heavy atom. The zero-order valence-corrected chi connectivity index (χ0v) is 18.6. The second kappa shape index (κ2) is 8.80. The number of aromatic hydroxyl groups is 1. The number of carbonyl (C=O) groups excluding carboxylic acids is 1. The van der Waals surface area contributed by atoms with Crippen molar-refractivity contribution in [2.24, 2.45) is 0 Å². The first-order chi connectivity index (χ1) is 16.5. The van der Waals surface area contributed by atoms with Crippen molar-refractivity contribution in [3.8, 4) is 23.1 Å². The van der Waals surface area contributed by atoms with Gasteiger partial charge in [-0.05, 0) is 71.9 Å². The van der Waals surface area contributed by atoms with E-state index in [0.717, 1.165) is 5.56 Å². The Hall–Kier alpha value is -4.49. The summed E-state index contributed by atoms with van der Waals surface area (Å²) >= 11 is 5.31. The summed E-state index contributed by atoms with van der Waals surface area (Å²) in [4.78, 5) is 27.9. The molecule has 0 unspecified atom stereocenters. The van der Waals surface area contributed by atoms with Gasteiger partial charge in [0.1, 0.15) is 17.1 Å². The molecule has 0 saturated carbocycles. The molecule has 1 aliphatic carbocycles. The number of para-hydroxylation sites is 1. The van der Waals surface area contributed by atoms with Crippen LogP contribution in [0.5, 0.6) is 17.4 Å². The van der Waals surface area contributed by atoms with Gasteiger partial charge in [0.25, 0.3) is 5.56 Å². The average molecular weight is 467 g/mol. The number of benzene rings is 3. The van der Waals surface area contributed by atoms with Gasteiger partial charge in [-0.1, -0.05) is 48.5 Å². The molecule has 0 fully saturated rings. The Morgan fingerprint density at radius 2 is 1.53 bits per heavy atom. The van der Waals surface area contributed by atoms with E-state index in [0.29, 0.717) is 28.3 Å². The molecule has 0 spiro atoms. The summed E-state index contributed by atoms with van der Waals surface area (Å²) in [5.74, 6) is 0.676. The van der Waals surface area contributed by atoms with Gasteiger partial charge in [-0.3, -0.25) is 19.1 Å². The average Bonchev–Trinajstić information content (AvgIpc) is 2.84. The van der Waals surface area contributed by atoms with Gasteiger partial charge in [0.05, 0.1) is 5.69 Å². The fourth-order valence-electron chi connectivity index (χ4n) is 3.76. The molecule has 0 radical (unpaired) electrons. The number of ether oxygens (including phenoxy) is 1. The summed E-state index contributed by atoms with van der Waals surface area (Å²) in [7, 11) is 0. The fourth-order valence-corrected chi connectivity index (χ4v) is 4.05. The van der Waals surface area contributed by atoms with E-state index in [2.05, 4.69) is 4.98 Å². The second-order valence-electron chi connectivity index (χ2n) is 7.58. The highest BCUT2D eigenvalue weighted by molar-refractivity contribution is 7.71. The lowest BCUT2D eigenvalue weighted by Crippen LogP contribution is -2.17. The van der Waals surface area contributed by atoms with Crippen LogP contribution in [0.1, 0.15) is 16.7 Å². The zero-order chi connectivity index (χ0) is 23.7. The van der Waals surface area contributed by atoms with Gasteiger partial charge in [0.2, 0.25) is 5.88 Å². The van der Waals surface area contributed by atoms with Gasteiger partial charge in [0.15, 0.2) is 10.6 Å². The molecule has 0 amide bonds. The SMILES string of the molecule is O=C1C=Cc2ccccc2C1=Cc1c(O)n(-c2ccc(Oc3ccccc3)cc2)c(=S)[nH]c1=O. The number of nitrogens with zero attached hydrogens (tertiary/aromatic N) is 1. The molecule has 7 heteroatoms. The Labute approximate surface area is 199 Å². The van der Waals surface area contributed by atoms with E-state index < -0.39 is 5.56 Å². The highest BCUT2D eigenvalue weighted by atomic mass is 32.1. The van der Waals surface area contributed by atoms with Crippen molar-refractivity contribution < 1.29 is 14.6 Å². The van der Waals surface area contributed by atoms with Crippen LogP contribution >= 0.6 is 12.2 Å². The predicted molar refractivity (Wildman–Crippen MR) is 134 cm³/mol. The van der Waals surface area contributed by atoms with E-state index in [4.69, 9.17) is 17.0 Å². The zero-order valence-electron chi connectivity index (χ0n) is 17.8. The standard InChI is InChI=1S/C27H18N2O4S/c30-24-15-10-17-6-4-5-9-21(17)22(24)16-23-25(31)28-27(34)29(26(23)32)18-11-13-20(14-12-18)33-19-7-2-1-3-8-19/h1-16,32H,(H,28,31,34). The van der Waals surface area contributed by atoms with E-state index in [1.54, 1.807) is 36.4 Å². The summed E-state index contributed by atoms with van der Waals surface area (Å²) in [6, 6.07) is 23.6. The number of ketones is 1. The lowest BCUT2D eigenvalue weighted by molar-refractivity contribution is -0.109. The molecular weight excluding hydrogens is 448 g/mol. The first-order valence-electron chi connectivity index (χ1n) is 10.5. The minimum atomic E-state index is -0.588. The van der Waals surface area contributed by atoms with Crippen LogP contribution in [-0.4, -0.2) is 20.4 Å². The van der Waals surface area contributed by atoms with E-state index in [1.165, 1.54) is 16.7 Å². The number of carbonyl (C=O) groups is 1. The molecule has 34 heavy (non-hydrogen) atoms. The molecule has 5 rings (SSSR count). The Kier molecular flexibility index (Phi) is 5.53. The summed E-state index contributed by atoms with van der Waals surface area (Å²) in [6.45, 7) is 0. The quantitative estimate of drug-likeness (QED) is 0.305. The van der Waals surface area contributed by atoms with Gasteiger partial charge in [-0.2, -0.15) is 0 Å². The smallest absolute Gasteiger partial charge is 0.262 e. The third-order valence-electron chi connectivity index (χ3n) is 5.41. The van der Waals surface area contributed by atoms with Crippen molar-refractivity contribution in [2.45, 2.75) is 0 Å². The summed E-state index contributed by atoms with van der Waals surface area (Å²) in [6.07, 6.45) is 4.57. The van der Waals surface area contributed by atoms with Crippen LogP contribution < -0.4 is 10.3 Å². The number of allylic oxidation sites excluding steroid dienone is 2. The molecule has 1 heterocycles. The third-order valence-corrected chi connectivity index (χ3v) is 5.70. The highest BCUT2D eigenvalue weighted by Gasteiger charge is 2.20. The summed E-state index contributed by atoms with van der Waals surface area (Å²) < 4.78 is 7.17. The molecule has 2 N–H and O–H groups in total. The number of hydrogen-bond acceptors (Lipinski definition) is 5. The van der Waals surface area contributed by atoms with Gasteiger partial charge in [0, 0.05) is 5.57 Å². The van der Waals surface area contributed by atoms with Crippen molar-refractivity contribution >= 4 is 35.7 Å². The number of fused-ring (bicyclic) bond motifs is 1. The number of aromatic nitrogens is 2. The maximum Gasteiger partial charge on any atom is 0.262 e. The molecule has 0 saturated heterocycles. The van der Waals surface area contributed by atoms with E-state index in [1.807, 2.05) is 48.5 Å². The van der Waals surface area contributed by atoms with Gasteiger partial charge < -0.3 is 9.84 Å². The monoisotopic (exact) mass is 466 g/mol. The van der Waals surface area contributed by atoms with Crippen molar-refractivity contribution in [2.75, 3.05) is 0 Å². The molecule has 6 nitrogen and oxygen atoms in total. The molecule has 3 aromatic carbocycles. The summed E-state index contributed by atoms with van der Waals surface area (Å²) in [5.41, 5.74) is 1.72. The van der Waals surface area contributed by atoms with Crippen molar-refractivity contribution in [3.05, 3.63) is 117 Å². The van der Waals surface area contributed by atoms with Crippen LogP contribution in [0.3, 0.4) is 0 Å². The largest absolute Gasteiger partial charge is 0.494 e. The fraction of sp³-hybridized carbons (Fsp3) is 0. The van der Waals surface area contributed by atoms with Crippen LogP contribution in [0, 0.1) is 4.77 Å². The van der Waals surface area contributed by atoms with Crippen LogP contribution in [0.25, 0.3) is 23.4 Å². The van der Waals surface area contributed by atoms with Gasteiger partial charge in [-0.15, -0.1) is 0 Å². The minimum Gasteiger partial charge on any atom is -0.494 e. The van der Waals surface area contributed by atoms with Crippen LogP contribution in [0.4, 0.5) is 0 Å². The topological polar surface area (TPSA) is 84.3 Å². The Bertz CT molecular complexity index is 1580. The molecule has 0 aliphatic heterocycles. The normalized spacial score (nSPS) is 13.6. The summed E-state index contributed by atoms with van der Waals surface area (Å²) in [5, 5.41) is 11.0. The number of hydrogen-bond donors (Lipinski definition) is 2. The number of aromatic amines is 1. The Morgan fingerprint density at radius 1 is 0.853 bits per heavy atom. The maximum atomic E-state index is 12.7. The van der Waals surface area contributed by atoms with E-state index in [-0.39, 0.29) is 22.0 Å². The Balaban J connectivity index is 1.57. The molecular formula is C27H18N2O4S. The van der Waals surface area contributed by atoms with E-state index in [9.17, 15) is 14.7 Å². The van der Waals surface area contributed by atoms with Gasteiger partial charge in [-0.25, -0.2) is 0 Å². The first-order valence-corrected chi connectivity index (χ1v) is 10.9. The third kappa shape index (κ3) is 4.00. The first kappa shape index (κ1) is 21.4. The number of H-pyrrole nitrogens is 1. The molecule has 0 atom stereocenters. The van der Waals surface area contributed by atoms with Crippen molar-refractivity contribution in [1.82, 2.24) is 9.55 Å². The lowest BCUT2D eigenvalue weighted by Gasteiger charge is -2.15. The lowest BCUT2D eigenvalue weighted by atomic mass is 9.90. The molecule has 166 valence electrons. The van der Waals surface area contributed by atoms with Crippen LogP contribution in [0.15, 0.2) is 89.7 Å². The highest BCUT2D eigenvalue weighted by Crippen LogP contribution is 2.30. The molecule has 4 aromatic rings. The number of nitrogens with one attached hydrogen (secondary N) is 1. The second-order valence-corrected chi connectivity index (χ2v) is 7.97. The minimum absolute atomic E-state index is 0.0247. The van der Waals surface area contributed by atoms with Crippen LogP contribution in [0.2, 0.25) is 0 Å². The molecule has 0 bridgehead atoms. The van der Waals surface area contributed by atoms with Crippen molar-refractivity contribution in [3.63, 3.8) is 0 Å². The van der Waals surface area contributed by atoms with Gasteiger partial charge >= 0.3 is 0 Å². The van der Waals surface area contributed by atoms with E-state index >= 15 is 0 Å². The number of rotatable bonds is 4. The maximum absolute atomic E-state index is 12.7. The molecule has 1 aromatic heterocycles.